The highest BCUT2D eigenvalue weighted by molar-refractivity contribution is 5.00. The minimum atomic E-state index is 0.851. The molecule has 1 aliphatic rings. The molecule has 0 amide bonds. The van der Waals surface area contributed by atoms with Gasteiger partial charge in [0.25, 0.3) is 0 Å². The molecule has 1 N–H and O–H groups in total. The minimum Gasteiger partial charge on any atom is -0.311 e. The van der Waals surface area contributed by atoms with E-state index < -0.39 is 0 Å². The second kappa shape index (κ2) is 6.81. The minimum absolute atomic E-state index is 0.851. The van der Waals surface area contributed by atoms with Crippen molar-refractivity contribution in [3.63, 3.8) is 0 Å². The monoisotopic (exact) mass is 248 g/mol. The Hall–Kier alpha value is -1.00. The van der Waals surface area contributed by atoms with Crippen molar-refractivity contribution >= 4 is 0 Å². The summed E-state index contributed by atoms with van der Waals surface area (Å²) in [5.41, 5.74) is 1.09. The molecule has 2 heterocycles. The molecule has 0 saturated carbocycles. The maximum absolute atomic E-state index is 4.39. The molecule has 1 aliphatic heterocycles. The number of nitrogens with one attached hydrogen (secondary N) is 1. The fourth-order valence-electron chi connectivity index (χ4n) is 2.48. The maximum atomic E-state index is 4.39. The van der Waals surface area contributed by atoms with E-state index in [1.54, 1.807) is 0 Å². The van der Waals surface area contributed by atoms with E-state index in [9.17, 15) is 0 Å². The van der Waals surface area contributed by atoms with Crippen molar-refractivity contribution < 1.29 is 0 Å². The molecule has 0 aromatic carbocycles. The Balaban J connectivity index is 1.61. The smallest absolute Gasteiger partial charge is 0.125 e. The Morgan fingerprint density at radius 2 is 2.17 bits per heavy atom. The van der Waals surface area contributed by atoms with Crippen LogP contribution in [0, 0.1) is 12.8 Å². The number of hydrogen-bond acceptors (Lipinski definition) is 4. The zero-order chi connectivity index (χ0) is 12.8. The first-order valence-electron chi connectivity index (χ1n) is 6.92. The van der Waals surface area contributed by atoms with Gasteiger partial charge in [-0.05, 0) is 64.9 Å². The molecule has 0 unspecified atom stereocenters. The molecular formula is C14H24N4. The van der Waals surface area contributed by atoms with Crippen molar-refractivity contribution in [2.24, 2.45) is 5.92 Å². The lowest BCUT2D eigenvalue weighted by atomic mass is 9.94. The summed E-state index contributed by atoms with van der Waals surface area (Å²) in [7, 11) is 2.21. The van der Waals surface area contributed by atoms with E-state index in [2.05, 4.69) is 27.2 Å². The van der Waals surface area contributed by atoms with Gasteiger partial charge in [-0.1, -0.05) is 0 Å². The van der Waals surface area contributed by atoms with Crippen LogP contribution < -0.4 is 5.32 Å². The summed E-state index contributed by atoms with van der Waals surface area (Å²) in [5.74, 6) is 1.76. The third-order valence-electron chi connectivity index (χ3n) is 3.71. The molecule has 0 spiro atoms. The summed E-state index contributed by atoms with van der Waals surface area (Å²) in [6.45, 7) is 6.40. The summed E-state index contributed by atoms with van der Waals surface area (Å²) in [4.78, 5) is 10.9. The molecule has 1 aromatic rings. The standard InChI is InChI=1S/C14H24N4/c1-12-16-8-4-14(17-12)11-15-7-3-13-5-9-18(2)10-6-13/h4,8,13,15H,3,5-7,9-11H2,1-2H3. The van der Waals surface area contributed by atoms with Crippen LogP contribution in [-0.4, -0.2) is 41.5 Å². The molecule has 1 aromatic heterocycles. The molecule has 1 saturated heterocycles. The van der Waals surface area contributed by atoms with Crippen LogP contribution in [0.25, 0.3) is 0 Å². The molecule has 2 rings (SSSR count). The van der Waals surface area contributed by atoms with Crippen molar-refractivity contribution in [1.29, 1.82) is 0 Å². The first-order valence-corrected chi connectivity index (χ1v) is 6.92. The summed E-state index contributed by atoms with van der Waals surface area (Å²) >= 11 is 0. The molecule has 100 valence electrons. The van der Waals surface area contributed by atoms with Crippen molar-refractivity contribution in [3.8, 4) is 0 Å². The molecular weight excluding hydrogens is 224 g/mol. The van der Waals surface area contributed by atoms with Gasteiger partial charge in [-0.25, -0.2) is 9.97 Å². The van der Waals surface area contributed by atoms with Crippen LogP contribution in [0.3, 0.4) is 0 Å². The topological polar surface area (TPSA) is 41.1 Å². The average Bonchev–Trinajstić information content (AvgIpc) is 2.37. The fraction of sp³-hybridized carbons (Fsp3) is 0.714. The summed E-state index contributed by atoms with van der Waals surface area (Å²) < 4.78 is 0. The van der Waals surface area contributed by atoms with Gasteiger partial charge in [0.15, 0.2) is 0 Å². The van der Waals surface area contributed by atoms with Gasteiger partial charge in [0.1, 0.15) is 5.82 Å². The molecule has 1 fully saturated rings. The number of piperidine rings is 1. The fourth-order valence-corrected chi connectivity index (χ4v) is 2.48. The third-order valence-corrected chi connectivity index (χ3v) is 3.71. The number of aromatic nitrogens is 2. The zero-order valence-electron chi connectivity index (χ0n) is 11.5. The molecule has 0 atom stereocenters. The predicted molar refractivity (Wildman–Crippen MR) is 73.3 cm³/mol. The predicted octanol–water partition coefficient (Wildman–Crippen LogP) is 1.61. The Bertz CT molecular complexity index is 359. The quantitative estimate of drug-likeness (QED) is 0.804. The molecule has 0 radical (unpaired) electrons. The van der Waals surface area contributed by atoms with Crippen LogP contribution in [0.1, 0.15) is 30.8 Å². The number of aryl methyl sites for hydroxylation is 1. The lowest BCUT2D eigenvalue weighted by Gasteiger charge is -2.28. The van der Waals surface area contributed by atoms with E-state index in [4.69, 9.17) is 0 Å². The average molecular weight is 248 g/mol. The van der Waals surface area contributed by atoms with E-state index in [-0.39, 0.29) is 0 Å². The third kappa shape index (κ3) is 4.35. The Labute approximate surface area is 110 Å². The SMILES string of the molecule is Cc1nccc(CNCCC2CCN(C)CC2)n1. The first kappa shape index (κ1) is 13.4. The van der Waals surface area contributed by atoms with Gasteiger partial charge in [-0.2, -0.15) is 0 Å². The number of hydrogen-bond donors (Lipinski definition) is 1. The van der Waals surface area contributed by atoms with E-state index in [1.165, 1.54) is 32.4 Å². The highest BCUT2D eigenvalue weighted by Gasteiger charge is 2.15. The lowest BCUT2D eigenvalue weighted by Crippen LogP contribution is -2.31. The van der Waals surface area contributed by atoms with Gasteiger partial charge in [0, 0.05) is 12.7 Å². The largest absolute Gasteiger partial charge is 0.311 e. The molecule has 0 aliphatic carbocycles. The van der Waals surface area contributed by atoms with E-state index in [0.29, 0.717) is 0 Å². The van der Waals surface area contributed by atoms with E-state index >= 15 is 0 Å². The van der Waals surface area contributed by atoms with Crippen LogP contribution in [-0.2, 0) is 6.54 Å². The van der Waals surface area contributed by atoms with Gasteiger partial charge >= 0.3 is 0 Å². The molecule has 4 nitrogen and oxygen atoms in total. The summed E-state index contributed by atoms with van der Waals surface area (Å²) in [5, 5.41) is 3.48. The van der Waals surface area contributed by atoms with E-state index in [1.807, 2.05) is 19.2 Å². The Morgan fingerprint density at radius 1 is 1.39 bits per heavy atom. The second-order valence-corrected chi connectivity index (χ2v) is 5.31. The number of rotatable bonds is 5. The van der Waals surface area contributed by atoms with Crippen molar-refractivity contribution in [3.05, 3.63) is 23.8 Å². The number of nitrogens with zero attached hydrogens (tertiary/aromatic N) is 3. The second-order valence-electron chi connectivity index (χ2n) is 5.31. The Morgan fingerprint density at radius 3 is 2.89 bits per heavy atom. The molecule has 18 heavy (non-hydrogen) atoms. The Kier molecular flexibility index (Phi) is 5.08. The van der Waals surface area contributed by atoms with Gasteiger partial charge < -0.3 is 10.2 Å². The van der Waals surface area contributed by atoms with Gasteiger partial charge in [0.2, 0.25) is 0 Å². The van der Waals surface area contributed by atoms with Gasteiger partial charge in [-0.15, -0.1) is 0 Å². The van der Waals surface area contributed by atoms with Gasteiger partial charge in [-0.3, -0.25) is 0 Å². The van der Waals surface area contributed by atoms with Crippen LogP contribution >= 0.6 is 0 Å². The van der Waals surface area contributed by atoms with Crippen molar-refractivity contribution in [1.82, 2.24) is 20.2 Å². The highest BCUT2D eigenvalue weighted by Crippen LogP contribution is 2.18. The lowest BCUT2D eigenvalue weighted by molar-refractivity contribution is 0.211. The highest BCUT2D eigenvalue weighted by atomic mass is 15.1. The zero-order valence-corrected chi connectivity index (χ0v) is 11.5. The van der Waals surface area contributed by atoms with E-state index in [0.717, 1.165) is 30.5 Å². The van der Waals surface area contributed by atoms with Gasteiger partial charge in [0.05, 0.1) is 5.69 Å². The summed E-state index contributed by atoms with van der Waals surface area (Å²) in [6.07, 6.45) is 5.82. The first-order chi connectivity index (χ1) is 8.74. The van der Waals surface area contributed by atoms with Crippen LogP contribution in [0.5, 0.6) is 0 Å². The van der Waals surface area contributed by atoms with Crippen molar-refractivity contribution in [2.45, 2.75) is 32.7 Å². The van der Waals surface area contributed by atoms with Crippen LogP contribution in [0.15, 0.2) is 12.3 Å². The molecule has 0 bridgehead atoms. The summed E-state index contributed by atoms with van der Waals surface area (Å²) in [6, 6.07) is 1.98. The molecule has 4 heteroatoms. The van der Waals surface area contributed by atoms with Crippen LogP contribution in [0.4, 0.5) is 0 Å². The van der Waals surface area contributed by atoms with Crippen LogP contribution in [0.2, 0.25) is 0 Å². The maximum Gasteiger partial charge on any atom is 0.125 e. The normalized spacial score (nSPS) is 18.1. The number of likely N-dealkylation sites (tertiary alicyclic amines) is 1. The van der Waals surface area contributed by atoms with Crippen molar-refractivity contribution in [2.75, 3.05) is 26.7 Å².